The number of hydrogen-bond acceptors (Lipinski definition) is 1. The average molecular weight is 598 g/mol. The van der Waals surface area contributed by atoms with Crippen LogP contribution in [-0.2, 0) is 10.8 Å². The van der Waals surface area contributed by atoms with Crippen molar-refractivity contribution in [3.63, 3.8) is 0 Å². The maximum Gasteiger partial charge on any atom is 0.0465 e. The number of rotatable bonds is 6. The number of nitrogens with zero attached hydrogens (tertiary/aromatic N) is 1. The molecule has 0 saturated carbocycles. The highest BCUT2D eigenvalue weighted by Crippen LogP contribution is 2.53. The minimum absolute atomic E-state index is 0.117. The van der Waals surface area contributed by atoms with Gasteiger partial charge in [-0.3, -0.25) is 0 Å². The SMILES string of the molecule is Cc1ccccc1-c1cccc(C(C)(C)c2cc3c(cc2C)C(C)(C)c2cc(N(c4ccccc4)c4ccccc4)ccc2-3)c1C. The van der Waals surface area contributed by atoms with E-state index in [1.54, 1.807) is 0 Å². The molecular weight excluding hydrogens is 555 g/mol. The van der Waals surface area contributed by atoms with Crippen molar-refractivity contribution in [1.82, 2.24) is 0 Å². The summed E-state index contributed by atoms with van der Waals surface area (Å²) < 4.78 is 0. The number of aryl methyl sites for hydroxylation is 2. The summed E-state index contributed by atoms with van der Waals surface area (Å²) in [6, 6.07) is 49.0. The summed E-state index contributed by atoms with van der Waals surface area (Å²) >= 11 is 0. The third-order valence-electron chi connectivity index (χ3n) is 10.4. The first-order valence-electron chi connectivity index (χ1n) is 16.5. The fourth-order valence-electron chi connectivity index (χ4n) is 7.92. The van der Waals surface area contributed by atoms with Gasteiger partial charge in [0.15, 0.2) is 0 Å². The van der Waals surface area contributed by atoms with Crippen molar-refractivity contribution in [2.24, 2.45) is 0 Å². The molecular formula is C45H43N. The van der Waals surface area contributed by atoms with Gasteiger partial charge in [0, 0.05) is 27.9 Å². The molecule has 1 aliphatic carbocycles. The molecule has 0 aliphatic heterocycles. The quantitative estimate of drug-likeness (QED) is 0.185. The number of benzene rings is 6. The molecule has 0 spiro atoms. The van der Waals surface area contributed by atoms with Crippen LogP contribution in [0.3, 0.4) is 0 Å². The van der Waals surface area contributed by atoms with Crippen LogP contribution in [-0.4, -0.2) is 0 Å². The lowest BCUT2D eigenvalue weighted by molar-refractivity contribution is 0.627. The number of anilines is 3. The first kappa shape index (κ1) is 29.8. The molecule has 7 rings (SSSR count). The molecule has 1 heteroatoms. The summed E-state index contributed by atoms with van der Waals surface area (Å²) in [5, 5.41) is 0. The standard InChI is InChI=1S/C45H43N/c1-30-17-14-15-22-36(30)37-23-16-24-40(32(37)3)44(4,5)41-29-39-38-26-25-35(28-43(38)45(6,7)42(39)27-31(41)2)46(33-18-10-8-11-19-33)34-20-12-9-13-21-34/h8-29H,1-7H3. The first-order chi connectivity index (χ1) is 22.1. The predicted octanol–water partition coefficient (Wildman–Crippen LogP) is 12.4. The van der Waals surface area contributed by atoms with Gasteiger partial charge in [-0.15, -0.1) is 0 Å². The Morgan fingerprint density at radius 2 is 1.04 bits per heavy atom. The summed E-state index contributed by atoms with van der Waals surface area (Å²) in [5.41, 5.74) is 18.1. The van der Waals surface area contributed by atoms with E-state index in [0.717, 1.165) is 11.4 Å². The number of hydrogen-bond donors (Lipinski definition) is 0. The minimum atomic E-state index is -0.174. The normalized spacial score (nSPS) is 13.3. The molecule has 0 radical (unpaired) electrons. The van der Waals surface area contributed by atoms with Crippen LogP contribution in [0.1, 0.15) is 66.6 Å². The topological polar surface area (TPSA) is 3.24 Å². The van der Waals surface area contributed by atoms with Crippen LogP contribution in [0.4, 0.5) is 17.1 Å². The second kappa shape index (κ2) is 11.2. The monoisotopic (exact) mass is 597 g/mol. The summed E-state index contributed by atoms with van der Waals surface area (Å²) in [6.45, 7) is 16.4. The van der Waals surface area contributed by atoms with E-state index in [1.807, 2.05) is 0 Å². The van der Waals surface area contributed by atoms with Crippen LogP contribution in [0.2, 0.25) is 0 Å². The third kappa shape index (κ3) is 4.77. The molecule has 6 aromatic rings. The predicted molar refractivity (Wildman–Crippen MR) is 197 cm³/mol. The zero-order valence-corrected chi connectivity index (χ0v) is 28.1. The zero-order chi connectivity index (χ0) is 32.2. The largest absolute Gasteiger partial charge is 0.310 e. The van der Waals surface area contributed by atoms with Gasteiger partial charge in [-0.05, 0) is 124 Å². The molecule has 46 heavy (non-hydrogen) atoms. The summed E-state index contributed by atoms with van der Waals surface area (Å²) in [6.07, 6.45) is 0. The lowest BCUT2D eigenvalue weighted by Gasteiger charge is -2.32. The van der Waals surface area contributed by atoms with Gasteiger partial charge in [-0.2, -0.15) is 0 Å². The van der Waals surface area contributed by atoms with Gasteiger partial charge in [0.25, 0.3) is 0 Å². The van der Waals surface area contributed by atoms with E-state index in [4.69, 9.17) is 0 Å². The fraction of sp³-hybridized carbons (Fsp3) is 0.200. The molecule has 0 saturated heterocycles. The van der Waals surface area contributed by atoms with Crippen molar-refractivity contribution in [2.75, 3.05) is 4.90 Å². The Balaban J connectivity index is 1.35. The van der Waals surface area contributed by atoms with Crippen molar-refractivity contribution in [3.05, 3.63) is 172 Å². The molecule has 1 aliphatic rings. The molecule has 0 aromatic heterocycles. The number of fused-ring (bicyclic) bond motifs is 3. The van der Waals surface area contributed by atoms with Crippen molar-refractivity contribution in [3.8, 4) is 22.3 Å². The maximum absolute atomic E-state index is 2.50. The van der Waals surface area contributed by atoms with Crippen LogP contribution in [0.5, 0.6) is 0 Å². The Morgan fingerprint density at radius 3 is 1.70 bits per heavy atom. The summed E-state index contributed by atoms with van der Waals surface area (Å²) in [4.78, 5) is 2.36. The van der Waals surface area contributed by atoms with E-state index >= 15 is 0 Å². The Labute approximate surface area is 275 Å². The smallest absolute Gasteiger partial charge is 0.0465 e. The van der Waals surface area contributed by atoms with Crippen LogP contribution in [0, 0.1) is 20.8 Å². The van der Waals surface area contributed by atoms with Gasteiger partial charge < -0.3 is 4.90 Å². The van der Waals surface area contributed by atoms with Crippen molar-refractivity contribution < 1.29 is 0 Å². The molecule has 0 bridgehead atoms. The second-order valence-electron chi connectivity index (χ2n) is 14.0. The van der Waals surface area contributed by atoms with Crippen LogP contribution in [0.25, 0.3) is 22.3 Å². The molecule has 0 heterocycles. The van der Waals surface area contributed by atoms with E-state index in [2.05, 4.69) is 187 Å². The highest BCUT2D eigenvalue weighted by molar-refractivity contribution is 5.86. The minimum Gasteiger partial charge on any atom is -0.310 e. The van der Waals surface area contributed by atoms with Crippen LogP contribution >= 0.6 is 0 Å². The van der Waals surface area contributed by atoms with Gasteiger partial charge in [0.2, 0.25) is 0 Å². The van der Waals surface area contributed by atoms with Crippen molar-refractivity contribution >= 4 is 17.1 Å². The first-order valence-corrected chi connectivity index (χ1v) is 16.5. The molecule has 1 nitrogen and oxygen atoms in total. The van der Waals surface area contributed by atoms with Gasteiger partial charge in [-0.1, -0.05) is 119 Å². The molecule has 228 valence electrons. The average Bonchev–Trinajstić information content (AvgIpc) is 3.27. The Bertz CT molecular complexity index is 2030. The third-order valence-corrected chi connectivity index (χ3v) is 10.4. The van der Waals surface area contributed by atoms with Crippen LogP contribution in [0.15, 0.2) is 133 Å². The second-order valence-corrected chi connectivity index (χ2v) is 14.0. The van der Waals surface area contributed by atoms with Gasteiger partial charge >= 0.3 is 0 Å². The molecule has 0 atom stereocenters. The Hall–Kier alpha value is -4.88. The molecule has 0 amide bonds. The van der Waals surface area contributed by atoms with Gasteiger partial charge in [-0.25, -0.2) is 0 Å². The Kier molecular flexibility index (Phi) is 7.24. The van der Waals surface area contributed by atoms with E-state index in [9.17, 15) is 0 Å². The van der Waals surface area contributed by atoms with Crippen molar-refractivity contribution in [2.45, 2.75) is 59.3 Å². The highest BCUT2D eigenvalue weighted by Gasteiger charge is 2.38. The van der Waals surface area contributed by atoms with Gasteiger partial charge in [0.1, 0.15) is 0 Å². The van der Waals surface area contributed by atoms with Crippen molar-refractivity contribution in [1.29, 1.82) is 0 Å². The van der Waals surface area contributed by atoms with E-state index < -0.39 is 0 Å². The summed E-state index contributed by atoms with van der Waals surface area (Å²) in [7, 11) is 0. The highest BCUT2D eigenvalue weighted by atomic mass is 15.1. The maximum atomic E-state index is 2.50. The Morgan fingerprint density at radius 1 is 0.457 bits per heavy atom. The summed E-state index contributed by atoms with van der Waals surface area (Å²) in [5.74, 6) is 0. The molecule has 0 unspecified atom stereocenters. The molecule has 0 fully saturated rings. The van der Waals surface area contributed by atoms with E-state index in [1.165, 1.54) is 66.9 Å². The van der Waals surface area contributed by atoms with E-state index in [0.29, 0.717) is 0 Å². The molecule has 6 aromatic carbocycles. The molecule has 0 N–H and O–H groups in total. The lowest BCUT2D eigenvalue weighted by Crippen LogP contribution is -2.23. The fourth-order valence-corrected chi connectivity index (χ4v) is 7.92. The lowest BCUT2D eigenvalue weighted by atomic mass is 9.72. The number of para-hydroxylation sites is 2. The van der Waals surface area contributed by atoms with E-state index in [-0.39, 0.29) is 10.8 Å². The zero-order valence-electron chi connectivity index (χ0n) is 28.1. The van der Waals surface area contributed by atoms with Gasteiger partial charge in [0.05, 0.1) is 0 Å². The van der Waals surface area contributed by atoms with Crippen LogP contribution < -0.4 is 4.90 Å².